The topological polar surface area (TPSA) is 67.8 Å². The number of hydrogen-bond acceptors (Lipinski definition) is 4. The summed E-state index contributed by atoms with van der Waals surface area (Å²) in [5.74, 6) is -0.479. The van der Waals surface area contributed by atoms with E-state index < -0.39 is 5.82 Å². The number of rotatable bonds is 3. The first-order valence-corrected chi connectivity index (χ1v) is 5.47. The molecule has 88 valence electrons. The van der Waals surface area contributed by atoms with Gasteiger partial charge in [-0.1, -0.05) is 0 Å². The van der Waals surface area contributed by atoms with Crippen LogP contribution in [0, 0.1) is 5.82 Å². The van der Waals surface area contributed by atoms with E-state index in [-0.39, 0.29) is 11.3 Å². The lowest BCUT2D eigenvalue weighted by Gasteiger charge is -2.03. The van der Waals surface area contributed by atoms with Crippen LogP contribution in [0.5, 0.6) is 0 Å². The third-order valence-corrected chi connectivity index (χ3v) is 3.28. The summed E-state index contributed by atoms with van der Waals surface area (Å²) >= 11 is 1.12. The summed E-state index contributed by atoms with van der Waals surface area (Å²) in [5.41, 5.74) is -0.118. The third kappa shape index (κ3) is 2.28. The van der Waals surface area contributed by atoms with E-state index in [0.717, 1.165) is 17.8 Å². The van der Waals surface area contributed by atoms with Crippen LogP contribution < -0.4 is 5.69 Å². The van der Waals surface area contributed by atoms with E-state index >= 15 is 0 Å². The molecule has 0 bridgehead atoms. The number of nitrogens with one attached hydrogen (secondary N) is 1. The van der Waals surface area contributed by atoms with Crippen molar-refractivity contribution in [3.63, 3.8) is 0 Å². The second kappa shape index (κ2) is 4.54. The highest BCUT2D eigenvalue weighted by molar-refractivity contribution is 7.99. The number of aromatic nitrogens is 3. The van der Waals surface area contributed by atoms with Crippen molar-refractivity contribution in [3.8, 4) is 0 Å². The van der Waals surface area contributed by atoms with Gasteiger partial charge in [0.15, 0.2) is 11.4 Å². The van der Waals surface area contributed by atoms with Crippen LogP contribution in [-0.4, -0.2) is 21.1 Å². The molecule has 0 aliphatic rings. The number of aldehydes is 1. The summed E-state index contributed by atoms with van der Waals surface area (Å²) in [4.78, 5) is 22.5. The van der Waals surface area contributed by atoms with Gasteiger partial charge < -0.3 is 0 Å². The largest absolute Gasteiger partial charge is 0.343 e. The van der Waals surface area contributed by atoms with Gasteiger partial charge in [-0.05, 0) is 30.0 Å². The lowest BCUT2D eigenvalue weighted by Crippen LogP contribution is -2.12. The molecule has 1 aromatic carbocycles. The number of hydrogen-bond donors (Lipinski definition) is 1. The predicted molar refractivity (Wildman–Crippen MR) is 59.7 cm³/mol. The molecule has 0 fully saturated rings. The molecule has 0 saturated heterocycles. The van der Waals surface area contributed by atoms with E-state index in [9.17, 15) is 14.0 Å². The monoisotopic (exact) mass is 253 g/mol. The standard InChI is InChI=1S/C10H8FN3O2S/c1-14-9(16)12-13-10(14)17-8-3-2-7(11)4-6(8)5-15/h2-5H,1H3,(H,12,16). The maximum Gasteiger partial charge on any atom is 0.343 e. The average molecular weight is 253 g/mol. The first-order chi connectivity index (χ1) is 8.11. The molecule has 0 aliphatic heterocycles. The van der Waals surface area contributed by atoms with Gasteiger partial charge in [0.1, 0.15) is 5.82 Å². The van der Waals surface area contributed by atoms with E-state index in [1.54, 1.807) is 7.05 Å². The van der Waals surface area contributed by atoms with Crippen molar-refractivity contribution in [2.75, 3.05) is 0 Å². The first-order valence-electron chi connectivity index (χ1n) is 4.66. The summed E-state index contributed by atoms with van der Waals surface area (Å²) in [6, 6.07) is 3.86. The van der Waals surface area contributed by atoms with E-state index in [0.29, 0.717) is 16.3 Å². The Morgan fingerprint density at radius 1 is 1.53 bits per heavy atom. The molecule has 0 radical (unpaired) electrons. The Morgan fingerprint density at radius 3 is 2.88 bits per heavy atom. The van der Waals surface area contributed by atoms with E-state index in [1.807, 2.05) is 0 Å². The Labute approximate surface area is 99.7 Å². The molecule has 1 heterocycles. The lowest BCUT2D eigenvalue weighted by molar-refractivity contribution is 0.112. The number of nitrogens with zero attached hydrogens (tertiary/aromatic N) is 2. The quantitative estimate of drug-likeness (QED) is 0.835. The van der Waals surface area contributed by atoms with Crippen molar-refractivity contribution in [2.24, 2.45) is 7.05 Å². The van der Waals surface area contributed by atoms with Crippen LogP contribution in [0.1, 0.15) is 10.4 Å². The van der Waals surface area contributed by atoms with Crippen LogP contribution in [0.15, 0.2) is 33.0 Å². The van der Waals surface area contributed by atoms with E-state index in [1.165, 1.54) is 16.7 Å². The van der Waals surface area contributed by atoms with Gasteiger partial charge in [0.25, 0.3) is 0 Å². The Balaban J connectivity index is 2.39. The number of aromatic amines is 1. The SMILES string of the molecule is Cn1c(Sc2ccc(F)cc2C=O)n[nH]c1=O. The molecule has 0 amide bonds. The maximum absolute atomic E-state index is 12.9. The normalized spacial score (nSPS) is 10.5. The highest BCUT2D eigenvalue weighted by Gasteiger charge is 2.10. The maximum atomic E-state index is 12.9. The molecule has 17 heavy (non-hydrogen) atoms. The van der Waals surface area contributed by atoms with Gasteiger partial charge in [-0.3, -0.25) is 9.36 Å². The van der Waals surface area contributed by atoms with Gasteiger partial charge in [-0.15, -0.1) is 5.10 Å². The molecular weight excluding hydrogens is 245 g/mol. The van der Waals surface area contributed by atoms with Crippen molar-refractivity contribution in [2.45, 2.75) is 10.1 Å². The Kier molecular flexibility index (Phi) is 3.10. The number of carbonyl (C=O) groups is 1. The van der Waals surface area contributed by atoms with Crippen molar-refractivity contribution < 1.29 is 9.18 Å². The second-order valence-corrected chi connectivity index (χ2v) is 4.28. The van der Waals surface area contributed by atoms with Crippen LogP contribution in [0.3, 0.4) is 0 Å². The third-order valence-electron chi connectivity index (χ3n) is 2.14. The Morgan fingerprint density at radius 2 is 2.29 bits per heavy atom. The minimum Gasteiger partial charge on any atom is -0.298 e. The molecule has 0 aliphatic carbocycles. The number of benzene rings is 1. The van der Waals surface area contributed by atoms with Crippen LogP contribution in [0.25, 0.3) is 0 Å². The molecule has 0 atom stereocenters. The van der Waals surface area contributed by atoms with Crippen molar-refractivity contribution in [1.29, 1.82) is 0 Å². The van der Waals surface area contributed by atoms with Crippen molar-refractivity contribution in [3.05, 3.63) is 40.1 Å². The van der Waals surface area contributed by atoms with Crippen molar-refractivity contribution >= 4 is 18.0 Å². The van der Waals surface area contributed by atoms with E-state index in [4.69, 9.17) is 0 Å². The molecule has 1 aromatic heterocycles. The lowest BCUT2D eigenvalue weighted by atomic mass is 10.2. The zero-order valence-electron chi connectivity index (χ0n) is 8.81. The van der Waals surface area contributed by atoms with Gasteiger partial charge in [-0.25, -0.2) is 14.3 Å². The van der Waals surface area contributed by atoms with Gasteiger partial charge >= 0.3 is 5.69 Å². The summed E-state index contributed by atoms with van der Waals surface area (Å²) in [5, 5.41) is 6.47. The molecule has 0 spiro atoms. The number of H-pyrrole nitrogens is 1. The van der Waals surface area contributed by atoms with Gasteiger partial charge in [0, 0.05) is 17.5 Å². The van der Waals surface area contributed by atoms with Crippen molar-refractivity contribution in [1.82, 2.24) is 14.8 Å². The number of carbonyl (C=O) groups excluding carboxylic acids is 1. The van der Waals surface area contributed by atoms with Crippen LogP contribution in [0.4, 0.5) is 4.39 Å². The predicted octanol–water partition coefficient (Wildman–Crippen LogP) is 1.21. The smallest absolute Gasteiger partial charge is 0.298 e. The summed E-state index contributed by atoms with van der Waals surface area (Å²) in [7, 11) is 1.55. The average Bonchev–Trinajstić information content (AvgIpc) is 2.63. The molecular formula is C10H8FN3O2S. The van der Waals surface area contributed by atoms with E-state index in [2.05, 4.69) is 10.2 Å². The fourth-order valence-corrected chi connectivity index (χ4v) is 2.10. The summed E-state index contributed by atoms with van der Waals surface area (Å²) < 4.78 is 14.2. The molecule has 2 rings (SSSR count). The van der Waals surface area contributed by atoms with Crippen LogP contribution in [-0.2, 0) is 7.05 Å². The highest BCUT2D eigenvalue weighted by atomic mass is 32.2. The Bertz CT molecular complexity index is 620. The fourth-order valence-electron chi connectivity index (χ4n) is 1.23. The fraction of sp³-hybridized carbons (Fsp3) is 0.100. The van der Waals surface area contributed by atoms with Gasteiger partial charge in [0.2, 0.25) is 0 Å². The second-order valence-electron chi connectivity index (χ2n) is 3.27. The molecule has 5 nitrogen and oxygen atoms in total. The molecule has 0 unspecified atom stereocenters. The van der Waals surface area contributed by atoms with Crippen LogP contribution in [0.2, 0.25) is 0 Å². The molecule has 0 saturated carbocycles. The molecule has 7 heteroatoms. The summed E-state index contributed by atoms with van der Waals surface area (Å²) in [6.45, 7) is 0. The minimum atomic E-state index is -0.479. The minimum absolute atomic E-state index is 0.227. The van der Waals surface area contributed by atoms with Gasteiger partial charge in [0.05, 0.1) is 0 Å². The van der Waals surface area contributed by atoms with Gasteiger partial charge in [-0.2, -0.15) is 0 Å². The summed E-state index contributed by atoms with van der Waals surface area (Å²) in [6.07, 6.45) is 0.566. The zero-order chi connectivity index (χ0) is 12.4. The molecule has 2 aromatic rings. The molecule has 1 N–H and O–H groups in total. The van der Waals surface area contributed by atoms with Crippen LogP contribution >= 0.6 is 11.8 Å². The highest BCUT2D eigenvalue weighted by Crippen LogP contribution is 2.27. The Hall–Kier alpha value is -1.89. The zero-order valence-corrected chi connectivity index (χ0v) is 9.62. The first kappa shape index (κ1) is 11.6. The number of halogens is 1.